The first-order chi connectivity index (χ1) is 9.49. The molecule has 0 aliphatic carbocycles. The maximum atomic E-state index is 12.3. The maximum Gasteiger partial charge on any atom is 0.262 e. The van der Waals surface area contributed by atoms with E-state index < -0.39 is 10.0 Å². The molecule has 2 aromatic rings. The van der Waals surface area contributed by atoms with E-state index in [-0.39, 0.29) is 4.90 Å². The van der Waals surface area contributed by atoms with Crippen LogP contribution in [0.25, 0.3) is 0 Å². The van der Waals surface area contributed by atoms with E-state index in [2.05, 4.69) is 10.8 Å². The van der Waals surface area contributed by atoms with Crippen LogP contribution in [0.5, 0.6) is 0 Å². The summed E-state index contributed by atoms with van der Waals surface area (Å²) in [5.74, 6) is 0. The third-order valence-corrected chi connectivity index (χ3v) is 5.51. The Morgan fingerprint density at radius 2 is 1.95 bits per heavy atom. The molecule has 0 saturated heterocycles. The van der Waals surface area contributed by atoms with Gasteiger partial charge in [0.1, 0.15) is 11.1 Å². The molecular weight excluding hydrogens is 292 g/mol. The van der Waals surface area contributed by atoms with Crippen molar-refractivity contribution in [1.82, 2.24) is 0 Å². The SMILES string of the molecule is CCc1c(C)sc(NS(=O)(=O)c2ccccc2)c1C#N. The van der Waals surface area contributed by atoms with Crippen molar-refractivity contribution in [3.8, 4) is 6.07 Å². The van der Waals surface area contributed by atoms with E-state index in [4.69, 9.17) is 0 Å². The highest BCUT2D eigenvalue weighted by atomic mass is 32.2. The van der Waals surface area contributed by atoms with E-state index in [1.807, 2.05) is 13.8 Å². The van der Waals surface area contributed by atoms with Gasteiger partial charge in [-0.3, -0.25) is 4.72 Å². The fourth-order valence-electron chi connectivity index (χ4n) is 1.98. The first-order valence-electron chi connectivity index (χ1n) is 6.09. The van der Waals surface area contributed by atoms with Gasteiger partial charge in [0.05, 0.1) is 10.5 Å². The second kappa shape index (κ2) is 5.65. The van der Waals surface area contributed by atoms with Crippen molar-refractivity contribution in [3.05, 3.63) is 46.3 Å². The fraction of sp³-hybridized carbons (Fsp3) is 0.214. The molecule has 0 radical (unpaired) electrons. The second-order valence-electron chi connectivity index (χ2n) is 4.22. The third-order valence-electron chi connectivity index (χ3n) is 2.95. The van der Waals surface area contributed by atoms with Crippen molar-refractivity contribution < 1.29 is 8.42 Å². The zero-order valence-corrected chi connectivity index (χ0v) is 12.8. The van der Waals surface area contributed by atoms with Crippen LogP contribution in [0.2, 0.25) is 0 Å². The van der Waals surface area contributed by atoms with Crippen LogP contribution in [0.15, 0.2) is 35.2 Å². The number of nitrogens with one attached hydrogen (secondary N) is 1. The molecule has 0 unspecified atom stereocenters. The first-order valence-corrected chi connectivity index (χ1v) is 8.39. The molecule has 0 spiro atoms. The summed E-state index contributed by atoms with van der Waals surface area (Å²) in [6.45, 7) is 3.84. The molecule has 4 nitrogen and oxygen atoms in total. The molecule has 1 aromatic carbocycles. The number of benzene rings is 1. The summed E-state index contributed by atoms with van der Waals surface area (Å²) in [6.07, 6.45) is 0.707. The zero-order valence-electron chi connectivity index (χ0n) is 11.2. The molecule has 2 rings (SSSR count). The molecule has 1 N–H and O–H groups in total. The summed E-state index contributed by atoms with van der Waals surface area (Å²) < 4.78 is 27.0. The number of hydrogen-bond acceptors (Lipinski definition) is 4. The Hall–Kier alpha value is -1.84. The Morgan fingerprint density at radius 1 is 1.30 bits per heavy atom. The highest BCUT2D eigenvalue weighted by Gasteiger charge is 2.20. The summed E-state index contributed by atoms with van der Waals surface area (Å²) >= 11 is 1.30. The Morgan fingerprint density at radius 3 is 2.50 bits per heavy atom. The molecule has 0 aliphatic rings. The largest absolute Gasteiger partial charge is 0.269 e. The van der Waals surface area contributed by atoms with Crippen molar-refractivity contribution >= 4 is 26.4 Å². The van der Waals surface area contributed by atoms with E-state index in [0.29, 0.717) is 17.0 Å². The second-order valence-corrected chi connectivity index (χ2v) is 7.13. The molecule has 1 aromatic heterocycles. The number of aryl methyl sites for hydroxylation is 1. The third kappa shape index (κ3) is 2.69. The van der Waals surface area contributed by atoms with Gasteiger partial charge in [0.15, 0.2) is 0 Å². The smallest absolute Gasteiger partial charge is 0.262 e. The minimum atomic E-state index is -3.65. The van der Waals surface area contributed by atoms with Gasteiger partial charge < -0.3 is 0 Å². The highest BCUT2D eigenvalue weighted by Crippen LogP contribution is 2.34. The molecule has 0 amide bonds. The standard InChI is InChI=1S/C14H14N2O2S2/c1-3-12-10(2)19-14(13(12)9-15)16-20(17,18)11-7-5-4-6-8-11/h4-8,16H,3H2,1-2H3. The van der Waals surface area contributed by atoms with E-state index in [1.165, 1.54) is 23.5 Å². The summed E-state index contributed by atoms with van der Waals surface area (Å²) in [6, 6.07) is 10.2. The van der Waals surface area contributed by atoms with E-state index in [9.17, 15) is 13.7 Å². The number of anilines is 1. The predicted molar refractivity (Wildman–Crippen MR) is 80.4 cm³/mol. The molecule has 0 atom stereocenters. The number of thiophene rings is 1. The molecule has 20 heavy (non-hydrogen) atoms. The lowest BCUT2D eigenvalue weighted by molar-refractivity contribution is 0.601. The van der Waals surface area contributed by atoms with Gasteiger partial charge in [-0.15, -0.1) is 11.3 Å². The van der Waals surface area contributed by atoms with Crippen LogP contribution in [0.4, 0.5) is 5.00 Å². The van der Waals surface area contributed by atoms with Crippen LogP contribution in [0.3, 0.4) is 0 Å². The van der Waals surface area contributed by atoms with Crippen LogP contribution in [0, 0.1) is 18.3 Å². The normalized spacial score (nSPS) is 11.1. The molecule has 6 heteroatoms. The number of nitriles is 1. The van der Waals surface area contributed by atoms with Crippen LogP contribution in [0.1, 0.15) is 22.9 Å². The Labute approximate surface area is 122 Å². The highest BCUT2D eigenvalue weighted by molar-refractivity contribution is 7.93. The lowest BCUT2D eigenvalue weighted by Crippen LogP contribution is -2.12. The Balaban J connectivity index is 2.44. The minimum absolute atomic E-state index is 0.188. The summed E-state index contributed by atoms with van der Waals surface area (Å²) in [5, 5.41) is 9.63. The Kier molecular flexibility index (Phi) is 4.12. The summed E-state index contributed by atoms with van der Waals surface area (Å²) in [4.78, 5) is 1.16. The average molecular weight is 306 g/mol. The van der Waals surface area contributed by atoms with Crippen molar-refractivity contribution in [2.24, 2.45) is 0 Å². The Bertz CT molecular complexity index is 756. The number of rotatable bonds is 4. The first kappa shape index (κ1) is 14.6. The topological polar surface area (TPSA) is 70.0 Å². The number of hydrogen-bond donors (Lipinski definition) is 1. The van der Waals surface area contributed by atoms with Gasteiger partial charge in [-0.1, -0.05) is 25.1 Å². The minimum Gasteiger partial charge on any atom is -0.269 e. The van der Waals surface area contributed by atoms with Gasteiger partial charge in [-0.2, -0.15) is 5.26 Å². The molecule has 0 fully saturated rings. The van der Waals surface area contributed by atoms with E-state index in [1.54, 1.807) is 18.2 Å². The molecule has 1 heterocycles. The van der Waals surface area contributed by atoms with Crippen molar-refractivity contribution in [1.29, 1.82) is 5.26 Å². The lowest BCUT2D eigenvalue weighted by atomic mass is 10.1. The average Bonchev–Trinajstić information content (AvgIpc) is 2.73. The van der Waals surface area contributed by atoms with Crippen molar-refractivity contribution in [2.45, 2.75) is 25.2 Å². The van der Waals surface area contributed by atoms with Crippen LogP contribution in [-0.2, 0) is 16.4 Å². The number of nitrogens with zero attached hydrogens (tertiary/aromatic N) is 1. The van der Waals surface area contributed by atoms with E-state index in [0.717, 1.165) is 10.4 Å². The van der Waals surface area contributed by atoms with Gasteiger partial charge in [0.2, 0.25) is 0 Å². The van der Waals surface area contributed by atoms with Gasteiger partial charge >= 0.3 is 0 Å². The van der Waals surface area contributed by atoms with Crippen LogP contribution >= 0.6 is 11.3 Å². The lowest BCUT2D eigenvalue weighted by Gasteiger charge is -2.06. The molecule has 0 bridgehead atoms. The zero-order chi connectivity index (χ0) is 14.8. The van der Waals surface area contributed by atoms with Crippen LogP contribution in [-0.4, -0.2) is 8.42 Å². The van der Waals surface area contributed by atoms with Gasteiger partial charge in [-0.05, 0) is 31.0 Å². The maximum absolute atomic E-state index is 12.3. The number of sulfonamides is 1. The van der Waals surface area contributed by atoms with Crippen molar-refractivity contribution in [3.63, 3.8) is 0 Å². The van der Waals surface area contributed by atoms with Crippen LogP contribution < -0.4 is 4.72 Å². The summed E-state index contributed by atoms with van der Waals surface area (Å²) in [5.41, 5.74) is 1.33. The van der Waals surface area contributed by atoms with Crippen molar-refractivity contribution in [2.75, 3.05) is 4.72 Å². The van der Waals surface area contributed by atoms with Gasteiger partial charge in [0, 0.05) is 4.88 Å². The summed E-state index contributed by atoms with van der Waals surface area (Å²) in [7, 11) is -3.65. The monoisotopic (exact) mass is 306 g/mol. The quantitative estimate of drug-likeness (QED) is 0.942. The van der Waals surface area contributed by atoms with Gasteiger partial charge in [-0.25, -0.2) is 8.42 Å². The fourth-order valence-corrected chi connectivity index (χ4v) is 4.40. The molecule has 104 valence electrons. The molecular formula is C14H14N2O2S2. The van der Waals surface area contributed by atoms with Gasteiger partial charge in [0.25, 0.3) is 10.0 Å². The molecule has 0 saturated carbocycles. The predicted octanol–water partition coefficient (Wildman–Crippen LogP) is 3.29. The van der Waals surface area contributed by atoms with E-state index >= 15 is 0 Å². The molecule has 0 aliphatic heterocycles.